The number of benzene rings is 1. The summed E-state index contributed by atoms with van der Waals surface area (Å²) in [7, 11) is 2.05. The number of hydrogen-bond acceptors (Lipinski definition) is 5. The van der Waals surface area contributed by atoms with Crippen LogP contribution in [-0.2, 0) is 0 Å². The molecule has 0 saturated heterocycles. The van der Waals surface area contributed by atoms with Crippen LogP contribution >= 0.6 is 0 Å². The SMILES string of the molecule is C#C.C=CCN/C(=C(\N)C1C=CC=C(C)N1C)c1ccc2nccnc2c1.CC1CCCCC1. The van der Waals surface area contributed by atoms with Gasteiger partial charge < -0.3 is 16.0 Å². The van der Waals surface area contributed by atoms with Crippen LogP contribution in [0.5, 0.6) is 0 Å². The Morgan fingerprint density at radius 2 is 1.85 bits per heavy atom. The summed E-state index contributed by atoms with van der Waals surface area (Å²) in [4.78, 5) is 10.9. The third-order valence-electron chi connectivity index (χ3n) is 6.29. The molecule has 1 aromatic heterocycles. The number of aromatic nitrogens is 2. The Hall–Kier alpha value is -3.52. The molecule has 1 aliphatic heterocycles. The minimum absolute atomic E-state index is 0.00475. The molecule has 1 fully saturated rings. The maximum atomic E-state index is 6.59. The van der Waals surface area contributed by atoms with Crippen LogP contribution in [0.25, 0.3) is 16.7 Å². The largest absolute Gasteiger partial charge is 0.398 e. The fourth-order valence-electron chi connectivity index (χ4n) is 4.20. The van der Waals surface area contributed by atoms with Crippen molar-refractivity contribution in [3.8, 4) is 12.8 Å². The van der Waals surface area contributed by atoms with Gasteiger partial charge in [-0.1, -0.05) is 63.3 Å². The molecule has 1 aromatic carbocycles. The number of nitrogens with one attached hydrogen (secondary N) is 1. The van der Waals surface area contributed by atoms with E-state index >= 15 is 0 Å². The van der Waals surface area contributed by atoms with Crippen molar-refractivity contribution in [2.24, 2.45) is 11.7 Å². The summed E-state index contributed by atoms with van der Waals surface area (Å²) in [5.41, 5.74) is 12.1. The number of fused-ring (bicyclic) bond motifs is 1. The fourth-order valence-corrected chi connectivity index (χ4v) is 4.20. The molecule has 4 rings (SSSR count). The zero-order chi connectivity index (χ0) is 24.9. The molecule has 1 unspecified atom stereocenters. The second-order valence-corrected chi connectivity index (χ2v) is 8.75. The maximum Gasteiger partial charge on any atom is 0.0893 e. The second kappa shape index (κ2) is 13.9. The van der Waals surface area contributed by atoms with Gasteiger partial charge in [-0.2, -0.15) is 0 Å². The van der Waals surface area contributed by atoms with Gasteiger partial charge in [-0.25, -0.2) is 0 Å². The summed E-state index contributed by atoms with van der Waals surface area (Å²) < 4.78 is 0. The Labute approximate surface area is 205 Å². The molecule has 34 heavy (non-hydrogen) atoms. The molecular formula is C29H39N5. The maximum absolute atomic E-state index is 6.59. The van der Waals surface area contributed by atoms with Crippen LogP contribution in [0.1, 0.15) is 51.5 Å². The van der Waals surface area contributed by atoms with E-state index in [0.29, 0.717) is 6.54 Å². The van der Waals surface area contributed by atoms with Crippen LogP contribution in [0.15, 0.2) is 72.9 Å². The van der Waals surface area contributed by atoms with Crippen molar-refractivity contribution in [1.29, 1.82) is 0 Å². The van der Waals surface area contributed by atoms with Gasteiger partial charge in [0.15, 0.2) is 0 Å². The molecule has 180 valence electrons. The molecule has 2 aromatic rings. The normalized spacial score (nSPS) is 18.4. The van der Waals surface area contributed by atoms with E-state index in [1.165, 1.54) is 37.8 Å². The molecule has 3 N–H and O–H groups in total. The van der Waals surface area contributed by atoms with Gasteiger partial charge in [0.1, 0.15) is 0 Å². The van der Waals surface area contributed by atoms with E-state index in [1.807, 2.05) is 37.4 Å². The van der Waals surface area contributed by atoms with Crippen molar-refractivity contribution < 1.29 is 0 Å². The number of nitrogens with zero attached hydrogens (tertiary/aromatic N) is 3. The quantitative estimate of drug-likeness (QED) is 0.449. The molecule has 0 bridgehead atoms. The molecular weight excluding hydrogens is 418 g/mol. The molecule has 0 spiro atoms. The molecule has 5 heteroatoms. The Bertz CT molecular complexity index is 1040. The van der Waals surface area contributed by atoms with Crippen LogP contribution in [0.4, 0.5) is 0 Å². The smallest absolute Gasteiger partial charge is 0.0893 e. The molecule has 2 aliphatic rings. The van der Waals surface area contributed by atoms with Gasteiger partial charge in [-0.3, -0.25) is 9.97 Å². The Kier molecular flexibility index (Phi) is 10.9. The molecule has 1 saturated carbocycles. The average Bonchev–Trinajstić information content (AvgIpc) is 2.88. The fraction of sp³-hybridized carbons (Fsp3) is 0.379. The van der Waals surface area contributed by atoms with Gasteiger partial charge in [0.05, 0.1) is 28.5 Å². The highest BCUT2D eigenvalue weighted by Gasteiger charge is 2.21. The predicted molar refractivity (Wildman–Crippen MR) is 145 cm³/mol. The number of hydrogen-bond donors (Lipinski definition) is 2. The molecule has 1 aliphatic carbocycles. The first kappa shape index (κ1) is 26.7. The van der Waals surface area contributed by atoms with E-state index in [1.54, 1.807) is 12.4 Å². The number of nitrogens with two attached hydrogens (primary N) is 1. The first-order valence-corrected chi connectivity index (χ1v) is 12.0. The van der Waals surface area contributed by atoms with Crippen molar-refractivity contribution in [3.05, 3.63) is 78.4 Å². The Balaban J connectivity index is 0.000000384. The number of terminal acetylenes is 1. The molecule has 1 atom stereocenters. The first-order chi connectivity index (χ1) is 16.5. The zero-order valence-electron chi connectivity index (χ0n) is 20.9. The lowest BCUT2D eigenvalue weighted by molar-refractivity contribution is 0.381. The van der Waals surface area contributed by atoms with Crippen LogP contribution in [0.2, 0.25) is 0 Å². The molecule has 5 nitrogen and oxygen atoms in total. The third-order valence-corrected chi connectivity index (χ3v) is 6.29. The standard InChI is InChI=1S/C20H23N5.C7H14.C2H2/c1-4-10-24-20(19(21)18-7-5-6-14(2)25(18)3)15-8-9-16-17(13-15)23-12-11-22-16;1-7-5-3-2-4-6-7;1-2/h4-9,11-13,18,24H,1,10,21H2,2-3H3;7H,2-6H2,1H3;1-2H/b20-19-;;. The number of likely N-dealkylation sites (N-methyl/N-ethyl adjacent to an activating group) is 1. The van der Waals surface area contributed by atoms with Crippen molar-refractivity contribution in [3.63, 3.8) is 0 Å². The van der Waals surface area contributed by atoms with E-state index < -0.39 is 0 Å². The summed E-state index contributed by atoms with van der Waals surface area (Å²) in [5.74, 6) is 1.04. The minimum atomic E-state index is -0.00475. The summed E-state index contributed by atoms with van der Waals surface area (Å²) in [6, 6.07) is 5.99. The topological polar surface area (TPSA) is 67.1 Å². The molecule has 0 amide bonds. The number of allylic oxidation sites excluding steroid dienone is 3. The van der Waals surface area contributed by atoms with E-state index in [4.69, 9.17) is 5.73 Å². The first-order valence-electron chi connectivity index (χ1n) is 12.0. The van der Waals surface area contributed by atoms with Gasteiger partial charge in [0.2, 0.25) is 0 Å². The van der Waals surface area contributed by atoms with Gasteiger partial charge >= 0.3 is 0 Å². The summed E-state index contributed by atoms with van der Waals surface area (Å²) in [6.07, 6.45) is 26.9. The van der Waals surface area contributed by atoms with Gasteiger partial charge in [-0.05, 0) is 31.1 Å². The lowest BCUT2D eigenvalue weighted by Gasteiger charge is -2.32. The monoisotopic (exact) mass is 457 g/mol. The highest BCUT2D eigenvalue weighted by molar-refractivity contribution is 5.80. The van der Waals surface area contributed by atoms with Gasteiger partial charge in [0.25, 0.3) is 0 Å². The lowest BCUT2D eigenvalue weighted by atomic mass is 9.91. The van der Waals surface area contributed by atoms with Crippen LogP contribution in [0, 0.1) is 18.8 Å². The highest BCUT2D eigenvalue weighted by Crippen LogP contribution is 2.24. The van der Waals surface area contributed by atoms with E-state index in [0.717, 1.165) is 33.9 Å². The van der Waals surface area contributed by atoms with E-state index in [9.17, 15) is 0 Å². The summed E-state index contributed by atoms with van der Waals surface area (Å²) in [6.45, 7) is 8.86. The minimum Gasteiger partial charge on any atom is -0.398 e. The summed E-state index contributed by atoms with van der Waals surface area (Å²) >= 11 is 0. The van der Waals surface area contributed by atoms with Crippen molar-refractivity contribution in [2.45, 2.75) is 52.0 Å². The molecule has 0 radical (unpaired) electrons. The lowest BCUT2D eigenvalue weighted by Crippen LogP contribution is -2.37. The third kappa shape index (κ3) is 7.25. The highest BCUT2D eigenvalue weighted by atomic mass is 15.2. The second-order valence-electron chi connectivity index (χ2n) is 8.75. The number of rotatable bonds is 5. The van der Waals surface area contributed by atoms with E-state index in [-0.39, 0.29) is 6.04 Å². The Morgan fingerprint density at radius 3 is 2.47 bits per heavy atom. The van der Waals surface area contributed by atoms with E-state index in [2.05, 4.69) is 65.6 Å². The van der Waals surface area contributed by atoms with Crippen LogP contribution in [-0.4, -0.2) is 34.5 Å². The average molecular weight is 458 g/mol. The summed E-state index contributed by atoms with van der Waals surface area (Å²) in [5, 5.41) is 3.39. The predicted octanol–water partition coefficient (Wildman–Crippen LogP) is 5.64. The zero-order valence-corrected chi connectivity index (χ0v) is 20.9. The van der Waals surface area contributed by atoms with Gasteiger partial charge in [0, 0.05) is 37.2 Å². The van der Waals surface area contributed by atoms with Crippen molar-refractivity contribution in [1.82, 2.24) is 20.2 Å². The molecule has 2 heterocycles. The van der Waals surface area contributed by atoms with Crippen molar-refractivity contribution in [2.75, 3.05) is 13.6 Å². The van der Waals surface area contributed by atoms with Crippen LogP contribution in [0.3, 0.4) is 0 Å². The van der Waals surface area contributed by atoms with Gasteiger partial charge in [-0.15, -0.1) is 19.4 Å². The Morgan fingerprint density at radius 1 is 1.18 bits per heavy atom. The van der Waals surface area contributed by atoms with Crippen LogP contribution < -0.4 is 11.1 Å². The van der Waals surface area contributed by atoms with Crippen molar-refractivity contribution >= 4 is 16.7 Å².